The van der Waals surface area contributed by atoms with Crippen LogP contribution in [-0.2, 0) is 0 Å². The zero-order valence-corrected chi connectivity index (χ0v) is 15.1. The Bertz CT molecular complexity index is 1190. The molecule has 6 heteroatoms. The number of hydrogen-bond acceptors (Lipinski definition) is 3. The monoisotopic (exact) mass is 370 g/mol. The highest BCUT2D eigenvalue weighted by atomic mass is 16.2. The number of amides is 1. The fourth-order valence-electron chi connectivity index (χ4n) is 3.58. The Kier molecular flexibility index (Phi) is 3.83. The van der Waals surface area contributed by atoms with Crippen molar-refractivity contribution in [1.82, 2.24) is 19.1 Å². The van der Waals surface area contributed by atoms with Crippen LogP contribution in [0.3, 0.4) is 0 Å². The standard InChI is InChI=1S/C22H18N4O2/c27-21-10-9-20(16-6-2-1-3-7-16)23-26(21)19-14-25(15-19)22(28)17-12-18-8-4-5-11-24(18)13-17/h1-13,19H,14-15H2. The molecule has 1 amide bonds. The van der Waals surface area contributed by atoms with E-state index in [1.54, 1.807) is 17.0 Å². The molecule has 0 unspecified atom stereocenters. The summed E-state index contributed by atoms with van der Waals surface area (Å²) >= 11 is 0. The third-order valence-corrected chi connectivity index (χ3v) is 5.14. The third-order valence-electron chi connectivity index (χ3n) is 5.14. The number of fused-ring (bicyclic) bond motifs is 1. The smallest absolute Gasteiger partial charge is 0.267 e. The summed E-state index contributed by atoms with van der Waals surface area (Å²) in [5, 5.41) is 4.53. The van der Waals surface area contributed by atoms with E-state index < -0.39 is 0 Å². The Morgan fingerprint density at radius 3 is 2.54 bits per heavy atom. The second-order valence-corrected chi connectivity index (χ2v) is 6.99. The van der Waals surface area contributed by atoms with E-state index in [2.05, 4.69) is 5.10 Å². The van der Waals surface area contributed by atoms with Crippen LogP contribution in [0.5, 0.6) is 0 Å². The maximum Gasteiger partial charge on any atom is 0.267 e. The molecule has 1 aliphatic rings. The second-order valence-electron chi connectivity index (χ2n) is 6.99. The lowest BCUT2D eigenvalue weighted by Crippen LogP contribution is -2.53. The molecule has 0 radical (unpaired) electrons. The van der Waals surface area contributed by atoms with Gasteiger partial charge < -0.3 is 9.30 Å². The number of rotatable bonds is 3. The molecular formula is C22H18N4O2. The lowest BCUT2D eigenvalue weighted by molar-refractivity contribution is 0.0493. The van der Waals surface area contributed by atoms with Gasteiger partial charge in [0.25, 0.3) is 11.5 Å². The van der Waals surface area contributed by atoms with Crippen molar-refractivity contribution < 1.29 is 4.79 Å². The number of carbonyl (C=O) groups excluding carboxylic acids is 1. The Hall–Kier alpha value is -3.67. The minimum Gasteiger partial charge on any atom is -0.334 e. The van der Waals surface area contributed by atoms with Gasteiger partial charge >= 0.3 is 0 Å². The number of benzene rings is 1. The Morgan fingerprint density at radius 2 is 1.75 bits per heavy atom. The first-order valence-corrected chi connectivity index (χ1v) is 9.20. The maximum atomic E-state index is 12.8. The van der Waals surface area contributed by atoms with Crippen molar-refractivity contribution in [2.45, 2.75) is 6.04 Å². The van der Waals surface area contributed by atoms with Gasteiger partial charge in [-0.15, -0.1) is 0 Å². The normalized spacial score (nSPS) is 14.2. The molecule has 1 aliphatic heterocycles. The van der Waals surface area contributed by atoms with E-state index >= 15 is 0 Å². The van der Waals surface area contributed by atoms with Crippen LogP contribution in [0.1, 0.15) is 16.4 Å². The average molecular weight is 370 g/mol. The average Bonchev–Trinajstić information content (AvgIpc) is 3.13. The van der Waals surface area contributed by atoms with E-state index in [4.69, 9.17) is 0 Å². The Morgan fingerprint density at radius 1 is 0.964 bits per heavy atom. The number of aromatic nitrogens is 3. The zero-order chi connectivity index (χ0) is 19.1. The SMILES string of the molecule is O=C(c1cc2ccccn2c1)N1CC(n2nc(-c3ccccc3)ccc2=O)C1. The molecule has 0 N–H and O–H groups in total. The van der Waals surface area contributed by atoms with Gasteiger partial charge in [-0.1, -0.05) is 36.4 Å². The fourth-order valence-corrected chi connectivity index (χ4v) is 3.58. The molecule has 6 nitrogen and oxygen atoms in total. The number of likely N-dealkylation sites (tertiary alicyclic amines) is 1. The summed E-state index contributed by atoms with van der Waals surface area (Å²) in [6.07, 6.45) is 3.76. The molecule has 1 aromatic carbocycles. The van der Waals surface area contributed by atoms with Crippen molar-refractivity contribution in [3.8, 4) is 11.3 Å². The molecule has 28 heavy (non-hydrogen) atoms. The van der Waals surface area contributed by atoms with Gasteiger partial charge in [0, 0.05) is 42.6 Å². The minimum absolute atomic E-state index is 0.0211. The van der Waals surface area contributed by atoms with Gasteiger partial charge in [0.15, 0.2) is 0 Å². The number of pyridine rings is 1. The molecule has 138 valence electrons. The van der Waals surface area contributed by atoms with Crippen molar-refractivity contribution in [2.24, 2.45) is 0 Å². The first-order valence-electron chi connectivity index (χ1n) is 9.20. The second kappa shape index (κ2) is 6.49. The number of nitrogens with zero attached hydrogens (tertiary/aromatic N) is 4. The molecule has 4 heterocycles. The van der Waals surface area contributed by atoms with Crippen molar-refractivity contribution >= 4 is 11.4 Å². The topological polar surface area (TPSA) is 59.6 Å². The number of hydrogen-bond donors (Lipinski definition) is 0. The van der Waals surface area contributed by atoms with Crippen LogP contribution in [0, 0.1) is 0 Å². The van der Waals surface area contributed by atoms with Gasteiger partial charge in [-0.25, -0.2) is 4.68 Å². The van der Waals surface area contributed by atoms with Gasteiger partial charge in [-0.3, -0.25) is 9.59 Å². The molecule has 0 spiro atoms. The summed E-state index contributed by atoms with van der Waals surface area (Å²) in [5.74, 6) is -0.0211. The lowest BCUT2D eigenvalue weighted by Gasteiger charge is -2.39. The highest BCUT2D eigenvalue weighted by Gasteiger charge is 2.34. The van der Waals surface area contributed by atoms with Crippen LogP contribution in [-0.4, -0.2) is 38.1 Å². The zero-order valence-electron chi connectivity index (χ0n) is 15.1. The molecule has 3 aromatic heterocycles. The molecule has 5 rings (SSSR count). The van der Waals surface area contributed by atoms with Crippen molar-refractivity contribution in [2.75, 3.05) is 13.1 Å². The van der Waals surface area contributed by atoms with Crippen LogP contribution in [0.2, 0.25) is 0 Å². The van der Waals surface area contributed by atoms with E-state index in [-0.39, 0.29) is 17.5 Å². The molecule has 4 aromatic rings. The van der Waals surface area contributed by atoms with E-state index in [9.17, 15) is 9.59 Å². The van der Waals surface area contributed by atoms with Crippen LogP contribution in [0.25, 0.3) is 16.8 Å². The predicted octanol–water partition coefficient (Wildman–Crippen LogP) is 2.86. The molecule has 1 fully saturated rings. The third kappa shape index (κ3) is 2.79. The quantitative estimate of drug-likeness (QED) is 0.557. The minimum atomic E-state index is -0.147. The highest BCUT2D eigenvalue weighted by Crippen LogP contribution is 2.23. The molecule has 0 bridgehead atoms. The summed E-state index contributed by atoms with van der Waals surface area (Å²) < 4.78 is 3.43. The van der Waals surface area contributed by atoms with Crippen molar-refractivity contribution in [1.29, 1.82) is 0 Å². The maximum absolute atomic E-state index is 12.8. The Balaban J connectivity index is 1.35. The predicted molar refractivity (Wildman–Crippen MR) is 106 cm³/mol. The van der Waals surface area contributed by atoms with Crippen molar-refractivity contribution in [3.63, 3.8) is 0 Å². The van der Waals surface area contributed by atoms with Gasteiger partial charge in [0.2, 0.25) is 0 Å². The summed E-state index contributed by atoms with van der Waals surface area (Å²) in [6.45, 7) is 0.965. The summed E-state index contributed by atoms with van der Waals surface area (Å²) in [6, 6.07) is 20.7. The van der Waals surface area contributed by atoms with Crippen LogP contribution < -0.4 is 5.56 Å². The highest BCUT2D eigenvalue weighted by molar-refractivity contribution is 5.96. The number of carbonyl (C=O) groups is 1. The van der Waals surface area contributed by atoms with Crippen molar-refractivity contribution in [3.05, 3.63) is 95.0 Å². The Labute approximate surface area is 161 Å². The van der Waals surface area contributed by atoms with E-state index in [0.717, 1.165) is 16.8 Å². The molecule has 0 aliphatic carbocycles. The van der Waals surface area contributed by atoms with Gasteiger partial charge in [0.05, 0.1) is 17.3 Å². The molecular weight excluding hydrogens is 352 g/mol. The summed E-state index contributed by atoms with van der Waals surface area (Å²) in [4.78, 5) is 26.8. The van der Waals surface area contributed by atoms with Gasteiger partial charge in [0.1, 0.15) is 0 Å². The first kappa shape index (κ1) is 16.5. The summed E-state index contributed by atoms with van der Waals surface area (Å²) in [7, 11) is 0. The van der Waals surface area contributed by atoms with E-state index in [0.29, 0.717) is 18.7 Å². The van der Waals surface area contributed by atoms with Gasteiger partial charge in [-0.2, -0.15) is 5.10 Å². The van der Waals surface area contributed by atoms with E-state index in [1.807, 2.05) is 71.4 Å². The van der Waals surface area contributed by atoms with E-state index in [1.165, 1.54) is 4.68 Å². The molecule has 0 saturated carbocycles. The summed E-state index contributed by atoms with van der Waals surface area (Å²) in [5.41, 5.74) is 3.21. The molecule has 0 atom stereocenters. The van der Waals surface area contributed by atoms with Crippen LogP contribution in [0.4, 0.5) is 0 Å². The first-order chi connectivity index (χ1) is 13.7. The fraction of sp³-hybridized carbons (Fsp3) is 0.136. The van der Waals surface area contributed by atoms with Crippen LogP contribution in [0.15, 0.2) is 83.9 Å². The van der Waals surface area contributed by atoms with Crippen LogP contribution >= 0.6 is 0 Å². The lowest BCUT2D eigenvalue weighted by atomic mass is 10.1. The largest absolute Gasteiger partial charge is 0.334 e. The van der Waals surface area contributed by atoms with Gasteiger partial charge in [-0.05, 0) is 24.3 Å². The molecule has 1 saturated heterocycles.